The molecule has 0 fully saturated rings. The molecule has 0 aliphatic heterocycles. The largest absolute Gasteiger partial charge is 0.389 e. The third-order valence-electron chi connectivity index (χ3n) is 3.01. The van der Waals surface area contributed by atoms with Crippen molar-refractivity contribution < 1.29 is 8.78 Å². The molecule has 0 aliphatic rings. The molecule has 2 N–H and O–H groups in total. The van der Waals surface area contributed by atoms with Crippen molar-refractivity contribution in [2.24, 2.45) is 5.73 Å². The molecule has 0 bridgehead atoms. The van der Waals surface area contributed by atoms with E-state index >= 15 is 0 Å². The molecule has 0 aliphatic carbocycles. The summed E-state index contributed by atoms with van der Waals surface area (Å²) in [4.78, 5) is 2.00. The molecule has 0 heterocycles. The second-order valence-corrected chi connectivity index (χ2v) is 4.94. The molecule has 20 heavy (non-hydrogen) atoms. The number of thiocarbonyl (C=S) groups is 1. The highest BCUT2D eigenvalue weighted by molar-refractivity contribution is 7.80. The molecule has 0 amide bonds. The molecule has 0 radical (unpaired) electrons. The van der Waals surface area contributed by atoms with Crippen LogP contribution < -0.4 is 10.6 Å². The van der Waals surface area contributed by atoms with Crippen LogP contribution in [-0.4, -0.2) is 12.0 Å². The maximum Gasteiger partial charge on any atom is 0.128 e. The molecule has 2 rings (SSSR count). The second kappa shape index (κ2) is 5.96. The Labute approximate surface area is 121 Å². The molecule has 0 saturated carbocycles. The predicted molar refractivity (Wildman–Crippen MR) is 80.8 cm³/mol. The number of hydrogen-bond donors (Lipinski definition) is 1. The molecule has 0 unspecified atom stereocenters. The summed E-state index contributed by atoms with van der Waals surface area (Å²) in [5.74, 6) is -0.654. The standard InChI is InChI=1S/C15H14F2N2S/c1-19(13-6-4-12(16)5-7-13)9-11-3-2-10(15(18)20)8-14(11)17/h2-8H,9H2,1H3,(H2,18,20). The van der Waals surface area contributed by atoms with E-state index in [1.165, 1.54) is 18.2 Å². The van der Waals surface area contributed by atoms with Gasteiger partial charge in [0.1, 0.15) is 16.6 Å². The van der Waals surface area contributed by atoms with Crippen LogP contribution in [-0.2, 0) is 6.54 Å². The van der Waals surface area contributed by atoms with Crippen LogP contribution in [0.5, 0.6) is 0 Å². The Morgan fingerprint density at radius 1 is 1.15 bits per heavy atom. The van der Waals surface area contributed by atoms with Crippen molar-refractivity contribution in [3.63, 3.8) is 0 Å². The Morgan fingerprint density at radius 3 is 2.35 bits per heavy atom. The minimum absolute atomic E-state index is 0.169. The molecule has 2 aromatic rings. The fourth-order valence-electron chi connectivity index (χ4n) is 1.87. The number of nitrogens with two attached hydrogens (primary N) is 1. The van der Waals surface area contributed by atoms with E-state index in [-0.39, 0.29) is 16.6 Å². The summed E-state index contributed by atoms with van der Waals surface area (Å²) >= 11 is 4.81. The summed E-state index contributed by atoms with van der Waals surface area (Å²) in [7, 11) is 1.81. The third-order valence-corrected chi connectivity index (χ3v) is 3.25. The number of hydrogen-bond acceptors (Lipinski definition) is 2. The van der Waals surface area contributed by atoms with Gasteiger partial charge in [-0.15, -0.1) is 0 Å². The van der Waals surface area contributed by atoms with Crippen LogP contribution in [0.2, 0.25) is 0 Å². The lowest BCUT2D eigenvalue weighted by Crippen LogP contribution is -2.18. The van der Waals surface area contributed by atoms with Gasteiger partial charge < -0.3 is 10.6 Å². The molecule has 2 nitrogen and oxygen atoms in total. The Bertz CT molecular complexity index is 626. The Balaban J connectivity index is 2.17. The summed E-state index contributed by atoms with van der Waals surface area (Å²) in [5, 5.41) is 0. The Hall–Kier alpha value is -2.01. The van der Waals surface area contributed by atoms with Gasteiger partial charge in [-0.25, -0.2) is 8.78 Å². The summed E-state index contributed by atoms with van der Waals surface area (Å²) in [6.45, 7) is 0.370. The maximum absolute atomic E-state index is 13.9. The fourth-order valence-corrected chi connectivity index (χ4v) is 2.00. The number of halogens is 2. The molecule has 104 valence electrons. The SMILES string of the molecule is CN(Cc1ccc(C(N)=S)cc1F)c1ccc(F)cc1. The second-order valence-electron chi connectivity index (χ2n) is 4.50. The zero-order valence-corrected chi connectivity index (χ0v) is 11.8. The fraction of sp³-hybridized carbons (Fsp3) is 0.133. The molecule has 2 aromatic carbocycles. The van der Waals surface area contributed by atoms with Crippen molar-refractivity contribution >= 4 is 22.9 Å². The predicted octanol–water partition coefficient (Wildman–Crippen LogP) is 3.24. The van der Waals surface area contributed by atoms with Gasteiger partial charge >= 0.3 is 0 Å². The highest BCUT2D eigenvalue weighted by atomic mass is 32.1. The quantitative estimate of drug-likeness (QED) is 0.877. The zero-order valence-electron chi connectivity index (χ0n) is 10.9. The first-order valence-electron chi connectivity index (χ1n) is 6.02. The van der Waals surface area contributed by atoms with E-state index < -0.39 is 0 Å². The van der Waals surface area contributed by atoms with Gasteiger partial charge in [-0.2, -0.15) is 0 Å². The lowest BCUT2D eigenvalue weighted by atomic mass is 10.1. The van der Waals surface area contributed by atoms with Crippen LogP contribution in [0.25, 0.3) is 0 Å². The molecular weight excluding hydrogens is 278 g/mol. The number of nitrogens with zero attached hydrogens (tertiary/aromatic N) is 1. The van der Waals surface area contributed by atoms with Gasteiger partial charge in [-0.3, -0.25) is 0 Å². The van der Waals surface area contributed by atoms with Crippen molar-refractivity contribution in [2.75, 3.05) is 11.9 Å². The lowest BCUT2D eigenvalue weighted by molar-refractivity contribution is 0.607. The number of benzene rings is 2. The van der Waals surface area contributed by atoms with E-state index in [1.807, 2.05) is 11.9 Å². The zero-order chi connectivity index (χ0) is 14.7. The average molecular weight is 292 g/mol. The molecule has 0 saturated heterocycles. The van der Waals surface area contributed by atoms with E-state index in [1.54, 1.807) is 24.3 Å². The number of rotatable bonds is 4. The summed E-state index contributed by atoms with van der Waals surface area (Å²) in [6, 6.07) is 10.7. The van der Waals surface area contributed by atoms with Gasteiger partial charge in [0.2, 0.25) is 0 Å². The molecule has 0 aromatic heterocycles. The smallest absolute Gasteiger partial charge is 0.128 e. The van der Waals surface area contributed by atoms with E-state index in [9.17, 15) is 8.78 Å². The van der Waals surface area contributed by atoms with E-state index in [0.717, 1.165) is 5.69 Å². The summed E-state index contributed by atoms with van der Waals surface area (Å²) in [6.07, 6.45) is 0. The Morgan fingerprint density at radius 2 is 1.80 bits per heavy atom. The van der Waals surface area contributed by atoms with Crippen molar-refractivity contribution in [1.29, 1.82) is 0 Å². The van der Waals surface area contributed by atoms with E-state index in [2.05, 4.69) is 0 Å². The van der Waals surface area contributed by atoms with Gasteiger partial charge in [0.15, 0.2) is 0 Å². The third kappa shape index (κ3) is 3.30. The monoisotopic (exact) mass is 292 g/mol. The maximum atomic E-state index is 13.9. The van der Waals surface area contributed by atoms with Crippen molar-refractivity contribution in [3.8, 4) is 0 Å². The molecule has 5 heteroatoms. The van der Waals surface area contributed by atoms with Gasteiger partial charge in [0.25, 0.3) is 0 Å². The van der Waals surface area contributed by atoms with Gasteiger partial charge in [0, 0.05) is 30.4 Å². The molecular formula is C15H14F2N2S. The van der Waals surface area contributed by atoms with E-state index in [0.29, 0.717) is 17.7 Å². The average Bonchev–Trinajstić information content (AvgIpc) is 2.41. The molecule has 0 atom stereocenters. The van der Waals surface area contributed by atoms with E-state index in [4.69, 9.17) is 18.0 Å². The van der Waals surface area contributed by atoms with Crippen LogP contribution >= 0.6 is 12.2 Å². The van der Waals surface area contributed by atoms with Crippen molar-refractivity contribution in [2.45, 2.75) is 6.54 Å². The highest BCUT2D eigenvalue weighted by Crippen LogP contribution is 2.18. The first-order chi connectivity index (χ1) is 9.47. The minimum Gasteiger partial charge on any atom is -0.389 e. The van der Waals surface area contributed by atoms with Crippen LogP contribution in [0.1, 0.15) is 11.1 Å². The molecule has 0 spiro atoms. The van der Waals surface area contributed by atoms with Crippen molar-refractivity contribution in [1.82, 2.24) is 0 Å². The van der Waals surface area contributed by atoms with Crippen LogP contribution in [0.3, 0.4) is 0 Å². The number of anilines is 1. The van der Waals surface area contributed by atoms with Crippen LogP contribution in [0, 0.1) is 11.6 Å². The normalized spacial score (nSPS) is 10.3. The Kier molecular flexibility index (Phi) is 4.29. The van der Waals surface area contributed by atoms with Gasteiger partial charge in [-0.05, 0) is 30.3 Å². The minimum atomic E-state index is -0.357. The van der Waals surface area contributed by atoms with Crippen LogP contribution in [0.15, 0.2) is 42.5 Å². The van der Waals surface area contributed by atoms with Gasteiger partial charge in [-0.1, -0.05) is 24.4 Å². The van der Waals surface area contributed by atoms with Crippen molar-refractivity contribution in [3.05, 3.63) is 65.2 Å². The highest BCUT2D eigenvalue weighted by Gasteiger charge is 2.08. The lowest BCUT2D eigenvalue weighted by Gasteiger charge is -2.20. The topological polar surface area (TPSA) is 29.3 Å². The first kappa shape index (κ1) is 14.4. The summed E-state index contributed by atoms with van der Waals surface area (Å²) in [5.41, 5.74) is 7.30. The van der Waals surface area contributed by atoms with Crippen LogP contribution in [0.4, 0.5) is 14.5 Å². The van der Waals surface area contributed by atoms with Gasteiger partial charge in [0.05, 0.1) is 0 Å². The summed E-state index contributed by atoms with van der Waals surface area (Å²) < 4.78 is 26.8. The first-order valence-corrected chi connectivity index (χ1v) is 6.43.